The molecule has 0 aromatic carbocycles. The van der Waals surface area contributed by atoms with Gasteiger partial charge in [0.15, 0.2) is 0 Å². The topological polar surface area (TPSA) is 55.0 Å². The molecule has 1 aromatic heterocycles. The van der Waals surface area contributed by atoms with Gasteiger partial charge >= 0.3 is 0 Å². The highest BCUT2D eigenvalue weighted by molar-refractivity contribution is 5.48. The van der Waals surface area contributed by atoms with E-state index in [-0.39, 0.29) is 0 Å². The number of nitrogens with two attached hydrogens (primary N) is 1. The van der Waals surface area contributed by atoms with Gasteiger partial charge in [0, 0.05) is 24.3 Å². The van der Waals surface area contributed by atoms with Gasteiger partial charge in [-0.2, -0.15) is 4.98 Å². The smallest absolute Gasteiger partial charge is 0.221 e. The van der Waals surface area contributed by atoms with E-state index < -0.39 is 0 Å². The summed E-state index contributed by atoms with van der Waals surface area (Å²) in [6.07, 6.45) is 4.51. The predicted octanol–water partition coefficient (Wildman–Crippen LogP) is 1.99. The van der Waals surface area contributed by atoms with Gasteiger partial charge < -0.3 is 10.6 Å². The van der Waals surface area contributed by atoms with Crippen LogP contribution in [-0.2, 0) is 0 Å². The van der Waals surface area contributed by atoms with E-state index >= 15 is 0 Å². The van der Waals surface area contributed by atoms with Gasteiger partial charge in [-0.05, 0) is 39.5 Å². The lowest BCUT2D eigenvalue weighted by atomic mass is 10.2. The first kappa shape index (κ1) is 11.2. The minimum absolute atomic E-state index is 0.363. The second-order valence-electron chi connectivity index (χ2n) is 4.92. The Morgan fingerprint density at radius 2 is 2.19 bits per heavy atom. The maximum atomic E-state index is 5.66. The molecule has 0 atom stereocenters. The van der Waals surface area contributed by atoms with Crippen LogP contribution in [0.2, 0.25) is 0 Å². The summed E-state index contributed by atoms with van der Waals surface area (Å²) >= 11 is 0. The van der Waals surface area contributed by atoms with Gasteiger partial charge in [-0.3, -0.25) is 0 Å². The molecule has 4 nitrogen and oxygen atoms in total. The highest BCUT2D eigenvalue weighted by Crippen LogP contribution is 2.32. The largest absolute Gasteiger partial charge is 0.368 e. The monoisotopic (exact) mass is 220 g/mol. The van der Waals surface area contributed by atoms with Crippen molar-refractivity contribution >= 4 is 11.8 Å². The molecule has 1 saturated carbocycles. The van der Waals surface area contributed by atoms with Crippen molar-refractivity contribution < 1.29 is 0 Å². The van der Waals surface area contributed by atoms with Crippen molar-refractivity contribution in [3.8, 4) is 0 Å². The fourth-order valence-corrected chi connectivity index (χ4v) is 1.86. The average Bonchev–Trinajstić information content (AvgIpc) is 3.02. The molecule has 0 bridgehead atoms. The molecule has 4 heteroatoms. The molecular formula is C12H20N4. The van der Waals surface area contributed by atoms with Crippen molar-refractivity contribution in [2.75, 3.05) is 17.2 Å². The molecule has 0 spiro atoms. The Balaban J connectivity index is 2.25. The number of rotatable bonds is 4. The third-order valence-corrected chi connectivity index (χ3v) is 3.01. The molecule has 16 heavy (non-hydrogen) atoms. The lowest BCUT2D eigenvalue weighted by molar-refractivity contribution is 0.634. The van der Waals surface area contributed by atoms with Crippen LogP contribution in [0.15, 0.2) is 6.20 Å². The SMILES string of the molecule is Cc1cnc(N)nc1N(CC1CC1)C(C)C. The number of anilines is 2. The number of aromatic nitrogens is 2. The van der Waals surface area contributed by atoms with Crippen molar-refractivity contribution in [1.82, 2.24) is 9.97 Å². The third kappa shape index (κ3) is 2.43. The van der Waals surface area contributed by atoms with Crippen LogP contribution < -0.4 is 10.6 Å². The second kappa shape index (κ2) is 4.28. The second-order valence-corrected chi connectivity index (χ2v) is 4.92. The van der Waals surface area contributed by atoms with Crippen molar-refractivity contribution in [2.45, 2.75) is 39.7 Å². The van der Waals surface area contributed by atoms with E-state index in [4.69, 9.17) is 5.73 Å². The van der Waals surface area contributed by atoms with Crippen LogP contribution >= 0.6 is 0 Å². The van der Waals surface area contributed by atoms with Gasteiger partial charge in [0.05, 0.1) is 0 Å². The molecule has 0 saturated heterocycles. The Labute approximate surface area is 96.9 Å². The Hall–Kier alpha value is -1.32. The molecule has 88 valence electrons. The first-order chi connectivity index (χ1) is 7.58. The highest BCUT2D eigenvalue weighted by atomic mass is 15.2. The number of nitrogen functional groups attached to an aromatic ring is 1. The standard InChI is InChI=1S/C12H20N4/c1-8(2)16(7-10-4-5-10)11-9(3)6-14-12(13)15-11/h6,8,10H,4-5,7H2,1-3H3,(H2,13,14,15). The number of hydrogen-bond donors (Lipinski definition) is 1. The zero-order chi connectivity index (χ0) is 11.7. The van der Waals surface area contributed by atoms with Crippen LogP contribution in [0.25, 0.3) is 0 Å². The summed E-state index contributed by atoms with van der Waals surface area (Å²) < 4.78 is 0. The predicted molar refractivity (Wildman–Crippen MR) is 66.4 cm³/mol. The summed E-state index contributed by atoms with van der Waals surface area (Å²) in [5, 5.41) is 0. The van der Waals surface area contributed by atoms with Crippen molar-refractivity contribution in [3.05, 3.63) is 11.8 Å². The summed E-state index contributed by atoms with van der Waals surface area (Å²) in [4.78, 5) is 10.7. The fraction of sp³-hybridized carbons (Fsp3) is 0.667. The summed E-state index contributed by atoms with van der Waals surface area (Å²) in [6, 6.07) is 0.452. The van der Waals surface area contributed by atoms with Crippen LogP contribution in [0, 0.1) is 12.8 Å². The lowest BCUT2D eigenvalue weighted by Gasteiger charge is -2.29. The maximum Gasteiger partial charge on any atom is 0.221 e. The summed E-state index contributed by atoms with van der Waals surface area (Å²) in [5.41, 5.74) is 6.76. The van der Waals surface area contributed by atoms with Crippen LogP contribution in [0.5, 0.6) is 0 Å². The summed E-state index contributed by atoms with van der Waals surface area (Å²) in [6.45, 7) is 7.52. The van der Waals surface area contributed by atoms with Crippen molar-refractivity contribution in [2.24, 2.45) is 5.92 Å². The number of hydrogen-bond acceptors (Lipinski definition) is 4. The van der Waals surface area contributed by atoms with Crippen LogP contribution in [0.3, 0.4) is 0 Å². The molecule has 2 rings (SSSR count). The Morgan fingerprint density at radius 1 is 1.50 bits per heavy atom. The van der Waals surface area contributed by atoms with Crippen molar-refractivity contribution in [1.29, 1.82) is 0 Å². The van der Waals surface area contributed by atoms with Gasteiger partial charge in [0.2, 0.25) is 5.95 Å². The zero-order valence-corrected chi connectivity index (χ0v) is 10.3. The number of aryl methyl sites for hydroxylation is 1. The zero-order valence-electron chi connectivity index (χ0n) is 10.3. The molecular weight excluding hydrogens is 200 g/mol. The van der Waals surface area contributed by atoms with E-state index in [0.29, 0.717) is 12.0 Å². The lowest BCUT2D eigenvalue weighted by Crippen LogP contribution is -2.34. The Morgan fingerprint density at radius 3 is 2.75 bits per heavy atom. The molecule has 0 unspecified atom stereocenters. The summed E-state index contributed by atoms with van der Waals surface area (Å²) in [5.74, 6) is 2.20. The fourth-order valence-electron chi connectivity index (χ4n) is 1.86. The molecule has 1 aliphatic carbocycles. The molecule has 2 N–H and O–H groups in total. The van der Waals surface area contributed by atoms with Gasteiger partial charge in [-0.25, -0.2) is 4.98 Å². The first-order valence-corrected chi connectivity index (χ1v) is 5.93. The first-order valence-electron chi connectivity index (χ1n) is 5.93. The Kier molecular flexibility index (Phi) is 2.99. The maximum absolute atomic E-state index is 5.66. The van der Waals surface area contributed by atoms with E-state index in [1.165, 1.54) is 12.8 Å². The quantitative estimate of drug-likeness (QED) is 0.843. The van der Waals surface area contributed by atoms with Crippen LogP contribution in [0.4, 0.5) is 11.8 Å². The normalized spacial score (nSPS) is 15.5. The minimum Gasteiger partial charge on any atom is -0.368 e. The van der Waals surface area contributed by atoms with Gasteiger partial charge in [-0.15, -0.1) is 0 Å². The third-order valence-electron chi connectivity index (χ3n) is 3.01. The molecule has 1 aromatic rings. The van der Waals surface area contributed by atoms with Gasteiger partial charge in [-0.1, -0.05) is 0 Å². The minimum atomic E-state index is 0.363. The van der Waals surface area contributed by atoms with Crippen molar-refractivity contribution in [3.63, 3.8) is 0 Å². The summed E-state index contributed by atoms with van der Waals surface area (Å²) in [7, 11) is 0. The number of nitrogens with zero attached hydrogens (tertiary/aromatic N) is 3. The van der Waals surface area contributed by atoms with E-state index in [2.05, 4.69) is 28.7 Å². The van der Waals surface area contributed by atoms with Crippen LogP contribution in [-0.4, -0.2) is 22.6 Å². The molecule has 0 amide bonds. The molecule has 0 radical (unpaired) electrons. The van der Waals surface area contributed by atoms with E-state index in [0.717, 1.165) is 23.8 Å². The molecule has 1 heterocycles. The average molecular weight is 220 g/mol. The van der Waals surface area contributed by atoms with Crippen LogP contribution in [0.1, 0.15) is 32.3 Å². The molecule has 1 aliphatic rings. The van der Waals surface area contributed by atoms with E-state index in [9.17, 15) is 0 Å². The van der Waals surface area contributed by atoms with E-state index in [1.54, 1.807) is 6.20 Å². The van der Waals surface area contributed by atoms with Gasteiger partial charge in [0.25, 0.3) is 0 Å². The molecule has 1 fully saturated rings. The molecule has 0 aliphatic heterocycles. The highest BCUT2D eigenvalue weighted by Gasteiger charge is 2.27. The van der Waals surface area contributed by atoms with E-state index in [1.807, 2.05) is 6.92 Å². The van der Waals surface area contributed by atoms with Gasteiger partial charge in [0.1, 0.15) is 5.82 Å². The Bertz CT molecular complexity index is 371.